The van der Waals surface area contributed by atoms with Gasteiger partial charge in [0.25, 0.3) is 15.7 Å². The lowest BCUT2D eigenvalue weighted by molar-refractivity contribution is -0.0536. The number of ether oxygens (including phenoxy) is 3. The Morgan fingerprint density at radius 2 is 1.83 bits per heavy atom. The van der Waals surface area contributed by atoms with Crippen LogP contribution < -0.4 is 0 Å². The first-order valence-corrected chi connectivity index (χ1v) is 5.06. The SMILES string of the molecule is C/C=C(/OC)O[SiH2]C(OC)OC. The zero-order valence-electron chi connectivity index (χ0n) is 7.99. The molecule has 0 amide bonds. The molecule has 0 aromatic carbocycles. The lowest BCUT2D eigenvalue weighted by Gasteiger charge is -2.14. The van der Waals surface area contributed by atoms with E-state index in [4.69, 9.17) is 18.6 Å². The average molecular weight is 192 g/mol. The minimum absolute atomic E-state index is 0.213. The number of hydrogen-bond donors (Lipinski definition) is 0. The number of rotatable bonds is 6. The van der Waals surface area contributed by atoms with Gasteiger partial charge in [0.2, 0.25) is 0 Å². The van der Waals surface area contributed by atoms with Crippen LogP contribution >= 0.6 is 0 Å². The summed E-state index contributed by atoms with van der Waals surface area (Å²) in [6, 6.07) is 0. The summed E-state index contributed by atoms with van der Waals surface area (Å²) in [4.78, 5) is 0. The molecule has 0 fully saturated rings. The second-order valence-electron chi connectivity index (χ2n) is 2.02. The van der Waals surface area contributed by atoms with Gasteiger partial charge in [-0.15, -0.1) is 0 Å². The average Bonchev–Trinajstić information content (AvgIpc) is 2.13. The maximum absolute atomic E-state index is 5.31. The van der Waals surface area contributed by atoms with E-state index in [0.29, 0.717) is 5.95 Å². The Labute approximate surface area is 75.4 Å². The lowest BCUT2D eigenvalue weighted by Crippen LogP contribution is -2.23. The quantitative estimate of drug-likeness (QED) is 0.341. The predicted octanol–water partition coefficient (Wildman–Crippen LogP) is 0.171. The molecule has 72 valence electrons. The first-order valence-electron chi connectivity index (χ1n) is 3.67. The summed E-state index contributed by atoms with van der Waals surface area (Å²) < 4.78 is 20.2. The third kappa shape index (κ3) is 4.37. The highest BCUT2D eigenvalue weighted by molar-refractivity contribution is 6.28. The zero-order chi connectivity index (χ0) is 9.40. The van der Waals surface area contributed by atoms with Crippen molar-refractivity contribution in [2.24, 2.45) is 0 Å². The van der Waals surface area contributed by atoms with Crippen LogP contribution in [0.1, 0.15) is 6.92 Å². The highest BCUT2D eigenvalue weighted by Gasteiger charge is 2.08. The van der Waals surface area contributed by atoms with E-state index in [1.54, 1.807) is 27.4 Å². The van der Waals surface area contributed by atoms with Gasteiger partial charge in [0.05, 0.1) is 7.11 Å². The number of hydrogen-bond acceptors (Lipinski definition) is 4. The molecule has 0 N–H and O–H groups in total. The van der Waals surface area contributed by atoms with Gasteiger partial charge in [-0.1, -0.05) is 0 Å². The molecule has 0 unspecified atom stereocenters. The van der Waals surface area contributed by atoms with E-state index >= 15 is 0 Å². The highest BCUT2D eigenvalue weighted by Crippen LogP contribution is 1.98. The molecule has 0 heterocycles. The molecular weight excluding hydrogens is 176 g/mol. The van der Waals surface area contributed by atoms with Gasteiger partial charge >= 0.3 is 0 Å². The van der Waals surface area contributed by atoms with E-state index in [9.17, 15) is 0 Å². The molecule has 12 heavy (non-hydrogen) atoms. The Balaban J connectivity index is 3.64. The molecule has 0 radical (unpaired) electrons. The van der Waals surface area contributed by atoms with Gasteiger partial charge in [-0.3, -0.25) is 0 Å². The predicted molar refractivity (Wildman–Crippen MR) is 48.2 cm³/mol. The van der Waals surface area contributed by atoms with Gasteiger partial charge in [-0.2, -0.15) is 0 Å². The van der Waals surface area contributed by atoms with Crippen molar-refractivity contribution in [2.75, 3.05) is 21.3 Å². The molecule has 0 aliphatic heterocycles. The highest BCUT2D eigenvalue weighted by atomic mass is 28.2. The van der Waals surface area contributed by atoms with Gasteiger partial charge in [-0.25, -0.2) is 0 Å². The smallest absolute Gasteiger partial charge is 0.282 e. The molecule has 0 aliphatic rings. The van der Waals surface area contributed by atoms with Crippen LogP contribution in [0.5, 0.6) is 0 Å². The fourth-order valence-electron chi connectivity index (χ4n) is 0.643. The third-order valence-electron chi connectivity index (χ3n) is 1.32. The van der Waals surface area contributed by atoms with Crippen LogP contribution in [0.25, 0.3) is 0 Å². The van der Waals surface area contributed by atoms with E-state index < -0.39 is 9.76 Å². The normalized spacial score (nSPS) is 12.9. The maximum atomic E-state index is 5.31. The minimum Gasteiger partial charge on any atom is -0.519 e. The molecule has 0 aromatic heterocycles. The summed E-state index contributed by atoms with van der Waals surface area (Å²) in [5.74, 6) is 0.316. The van der Waals surface area contributed by atoms with Crippen molar-refractivity contribution in [1.29, 1.82) is 0 Å². The van der Waals surface area contributed by atoms with E-state index in [2.05, 4.69) is 0 Å². The molecule has 0 aromatic rings. The van der Waals surface area contributed by atoms with Crippen LogP contribution in [-0.2, 0) is 18.6 Å². The van der Waals surface area contributed by atoms with E-state index in [0.717, 1.165) is 0 Å². The van der Waals surface area contributed by atoms with Crippen molar-refractivity contribution in [3.8, 4) is 0 Å². The Kier molecular flexibility index (Phi) is 6.83. The molecular formula is C7H16O4Si. The fourth-order valence-corrected chi connectivity index (χ4v) is 1.50. The minimum atomic E-state index is -0.882. The zero-order valence-corrected chi connectivity index (χ0v) is 9.41. The molecule has 0 saturated carbocycles. The molecule has 0 saturated heterocycles. The van der Waals surface area contributed by atoms with E-state index in [-0.39, 0.29) is 5.91 Å². The Morgan fingerprint density at radius 3 is 2.17 bits per heavy atom. The van der Waals surface area contributed by atoms with Crippen molar-refractivity contribution in [3.05, 3.63) is 12.0 Å². The van der Waals surface area contributed by atoms with Gasteiger partial charge < -0.3 is 18.6 Å². The topological polar surface area (TPSA) is 36.9 Å². The van der Waals surface area contributed by atoms with Crippen molar-refractivity contribution in [3.63, 3.8) is 0 Å². The van der Waals surface area contributed by atoms with Gasteiger partial charge in [0.1, 0.15) is 0 Å². The monoisotopic (exact) mass is 192 g/mol. The van der Waals surface area contributed by atoms with Crippen LogP contribution in [0.15, 0.2) is 12.0 Å². The van der Waals surface area contributed by atoms with E-state index in [1.807, 2.05) is 6.92 Å². The van der Waals surface area contributed by atoms with Crippen molar-refractivity contribution in [2.45, 2.75) is 12.8 Å². The molecule has 5 heteroatoms. The Morgan fingerprint density at radius 1 is 1.25 bits per heavy atom. The van der Waals surface area contributed by atoms with Crippen LogP contribution in [0, 0.1) is 0 Å². The summed E-state index contributed by atoms with van der Waals surface area (Å²) in [6.07, 6.45) is 1.76. The van der Waals surface area contributed by atoms with Crippen molar-refractivity contribution < 1.29 is 18.6 Å². The third-order valence-corrected chi connectivity index (χ3v) is 2.71. The second kappa shape index (κ2) is 7.14. The van der Waals surface area contributed by atoms with Gasteiger partial charge in [0.15, 0.2) is 5.91 Å². The van der Waals surface area contributed by atoms with Crippen LogP contribution in [0.2, 0.25) is 0 Å². The van der Waals surface area contributed by atoms with Crippen LogP contribution in [0.4, 0.5) is 0 Å². The van der Waals surface area contributed by atoms with Crippen molar-refractivity contribution in [1.82, 2.24) is 0 Å². The Hall–Kier alpha value is -0.523. The summed E-state index contributed by atoms with van der Waals surface area (Å²) in [7, 11) is 3.87. The van der Waals surface area contributed by atoms with Gasteiger partial charge in [-0.05, 0) is 13.0 Å². The van der Waals surface area contributed by atoms with Gasteiger partial charge in [0, 0.05) is 14.2 Å². The summed E-state index contributed by atoms with van der Waals surface area (Å²) in [5, 5.41) is 0. The largest absolute Gasteiger partial charge is 0.519 e. The first-order chi connectivity index (χ1) is 5.78. The van der Waals surface area contributed by atoms with Crippen LogP contribution in [0.3, 0.4) is 0 Å². The van der Waals surface area contributed by atoms with Crippen LogP contribution in [-0.4, -0.2) is 37.0 Å². The lowest BCUT2D eigenvalue weighted by atomic mass is 10.7. The number of methoxy groups -OCH3 is 3. The van der Waals surface area contributed by atoms with Crippen molar-refractivity contribution >= 4 is 9.76 Å². The van der Waals surface area contributed by atoms with E-state index in [1.165, 1.54) is 0 Å². The summed E-state index contributed by atoms with van der Waals surface area (Å²) >= 11 is 0. The number of allylic oxidation sites excluding steroid dienone is 1. The molecule has 4 nitrogen and oxygen atoms in total. The fraction of sp³-hybridized carbons (Fsp3) is 0.714. The standard InChI is InChI=1S/C7H16O4Si/c1-5-6(8-2)11-12-7(9-3)10-4/h5,7H,12H2,1-4H3/b6-5-. The molecule has 0 rings (SSSR count). The molecule has 0 bridgehead atoms. The maximum Gasteiger partial charge on any atom is 0.282 e. The second-order valence-corrected chi connectivity index (χ2v) is 3.31. The Bertz CT molecular complexity index is 133. The molecule has 0 spiro atoms. The first kappa shape index (κ1) is 11.5. The summed E-state index contributed by atoms with van der Waals surface area (Å²) in [5.41, 5.74) is 0. The molecule has 0 aliphatic carbocycles. The molecule has 0 atom stereocenters. The summed E-state index contributed by atoms with van der Waals surface area (Å²) in [6.45, 7) is 1.85.